The van der Waals surface area contributed by atoms with Crippen LogP contribution in [-0.4, -0.2) is 35.1 Å². The van der Waals surface area contributed by atoms with Gasteiger partial charge >= 0.3 is 0 Å². The molecule has 0 aliphatic heterocycles. The number of phenolic OH excluding ortho intramolecular Hbond substituents is 3. The van der Waals surface area contributed by atoms with E-state index >= 15 is 0 Å². The Morgan fingerprint density at radius 1 is 1.22 bits per heavy atom. The summed E-state index contributed by atoms with van der Waals surface area (Å²) in [5.74, 6) is -1.08. The van der Waals surface area contributed by atoms with E-state index in [0.717, 1.165) is 12.8 Å². The van der Waals surface area contributed by atoms with Crippen LogP contribution >= 0.6 is 0 Å². The average molecular weight is 255 g/mol. The number of phenols is 3. The molecule has 18 heavy (non-hydrogen) atoms. The van der Waals surface area contributed by atoms with E-state index in [4.69, 9.17) is 4.74 Å². The maximum Gasteiger partial charge on any atom is 0.200 e. The molecule has 102 valence electrons. The predicted octanol–water partition coefficient (Wildman–Crippen LogP) is 1.71. The maximum atomic E-state index is 9.67. The van der Waals surface area contributed by atoms with Crippen molar-refractivity contribution in [3.8, 4) is 17.2 Å². The van der Waals surface area contributed by atoms with Crippen LogP contribution in [0.1, 0.15) is 25.3 Å². The third-order valence-corrected chi connectivity index (χ3v) is 2.80. The first-order valence-corrected chi connectivity index (χ1v) is 6.05. The molecule has 0 amide bonds. The highest BCUT2D eigenvalue weighted by Crippen LogP contribution is 2.36. The second kappa shape index (κ2) is 7.08. The molecule has 0 radical (unpaired) electrons. The van der Waals surface area contributed by atoms with Gasteiger partial charge in [-0.25, -0.2) is 0 Å². The summed E-state index contributed by atoms with van der Waals surface area (Å²) in [5.41, 5.74) is 0.544. The van der Waals surface area contributed by atoms with Crippen molar-refractivity contribution in [1.82, 2.24) is 5.32 Å². The van der Waals surface area contributed by atoms with Crippen molar-refractivity contribution in [2.75, 3.05) is 13.7 Å². The van der Waals surface area contributed by atoms with Crippen LogP contribution in [0, 0.1) is 0 Å². The Bertz CT molecular complexity index is 375. The lowest BCUT2D eigenvalue weighted by atomic mass is 10.1. The summed E-state index contributed by atoms with van der Waals surface area (Å²) in [6, 6.07) is 3.14. The van der Waals surface area contributed by atoms with Crippen molar-refractivity contribution in [2.24, 2.45) is 0 Å². The molecule has 1 rings (SSSR count). The summed E-state index contributed by atoms with van der Waals surface area (Å²) < 4.78 is 5.10. The molecule has 1 aromatic rings. The number of hydrogen-bond donors (Lipinski definition) is 4. The molecule has 0 spiro atoms. The molecule has 5 nitrogen and oxygen atoms in total. The van der Waals surface area contributed by atoms with Gasteiger partial charge in [-0.15, -0.1) is 0 Å². The van der Waals surface area contributed by atoms with Gasteiger partial charge in [0.15, 0.2) is 11.5 Å². The fourth-order valence-electron chi connectivity index (χ4n) is 1.80. The highest BCUT2D eigenvalue weighted by Gasteiger charge is 2.12. The lowest BCUT2D eigenvalue weighted by Gasteiger charge is -2.17. The zero-order valence-electron chi connectivity index (χ0n) is 10.8. The van der Waals surface area contributed by atoms with E-state index in [0.29, 0.717) is 18.7 Å². The van der Waals surface area contributed by atoms with Gasteiger partial charge < -0.3 is 25.4 Å². The van der Waals surface area contributed by atoms with Crippen LogP contribution in [0.15, 0.2) is 12.1 Å². The SMILES string of the molecule is CCCC(COC)NCc1ccc(O)c(O)c1O. The second-order valence-electron chi connectivity index (χ2n) is 4.26. The standard InChI is InChI=1S/C13H21NO4/c1-3-4-10(8-18-2)14-7-9-5-6-11(15)13(17)12(9)16/h5-6,10,14-17H,3-4,7-8H2,1-2H3. The Labute approximate surface area is 107 Å². The molecule has 1 unspecified atom stereocenters. The summed E-state index contributed by atoms with van der Waals surface area (Å²) in [6.45, 7) is 3.10. The number of ether oxygens (including phenoxy) is 1. The van der Waals surface area contributed by atoms with E-state index in [2.05, 4.69) is 12.2 Å². The number of hydrogen-bond acceptors (Lipinski definition) is 5. The van der Waals surface area contributed by atoms with E-state index in [1.807, 2.05) is 0 Å². The van der Waals surface area contributed by atoms with Crippen LogP contribution in [0.3, 0.4) is 0 Å². The Hall–Kier alpha value is -1.46. The molecule has 0 bridgehead atoms. The van der Waals surface area contributed by atoms with Crippen LogP contribution in [0.5, 0.6) is 17.2 Å². The average Bonchev–Trinajstić information content (AvgIpc) is 2.35. The van der Waals surface area contributed by atoms with Crippen LogP contribution in [0.25, 0.3) is 0 Å². The van der Waals surface area contributed by atoms with E-state index < -0.39 is 5.75 Å². The van der Waals surface area contributed by atoms with Crippen LogP contribution in [-0.2, 0) is 11.3 Å². The van der Waals surface area contributed by atoms with Crippen LogP contribution in [0.2, 0.25) is 0 Å². The topological polar surface area (TPSA) is 82.0 Å². The Kier molecular flexibility index (Phi) is 5.74. The first-order chi connectivity index (χ1) is 8.60. The van der Waals surface area contributed by atoms with Gasteiger partial charge in [0.25, 0.3) is 0 Å². The van der Waals surface area contributed by atoms with E-state index in [9.17, 15) is 15.3 Å². The highest BCUT2D eigenvalue weighted by molar-refractivity contribution is 5.52. The molecule has 0 aliphatic carbocycles. The molecule has 4 N–H and O–H groups in total. The molecule has 5 heteroatoms. The second-order valence-corrected chi connectivity index (χ2v) is 4.26. The van der Waals surface area contributed by atoms with E-state index in [1.54, 1.807) is 13.2 Å². The van der Waals surface area contributed by atoms with Gasteiger partial charge in [0.05, 0.1) is 6.61 Å². The molecule has 1 aromatic carbocycles. The van der Waals surface area contributed by atoms with Crippen molar-refractivity contribution >= 4 is 0 Å². The van der Waals surface area contributed by atoms with Gasteiger partial charge in [0.2, 0.25) is 5.75 Å². The number of nitrogens with one attached hydrogen (secondary N) is 1. The number of rotatable bonds is 7. The summed E-state index contributed by atoms with van der Waals surface area (Å²) >= 11 is 0. The molecular formula is C13H21NO4. The van der Waals surface area contributed by atoms with Gasteiger partial charge in [-0.1, -0.05) is 19.4 Å². The van der Waals surface area contributed by atoms with Gasteiger partial charge in [-0.3, -0.25) is 0 Å². The van der Waals surface area contributed by atoms with Gasteiger partial charge in [-0.2, -0.15) is 0 Å². The number of aromatic hydroxyl groups is 3. The minimum atomic E-state index is -0.479. The van der Waals surface area contributed by atoms with Gasteiger partial charge in [0.1, 0.15) is 0 Å². The monoisotopic (exact) mass is 255 g/mol. The van der Waals surface area contributed by atoms with Crippen molar-refractivity contribution in [3.63, 3.8) is 0 Å². The molecular weight excluding hydrogens is 234 g/mol. The maximum absolute atomic E-state index is 9.67. The molecule has 0 heterocycles. The first-order valence-electron chi connectivity index (χ1n) is 6.05. The third-order valence-electron chi connectivity index (χ3n) is 2.80. The summed E-state index contributed by atoms with van der Waals surface area (Å²) in [4.78, 5) is 0. The van der Waals surface area contributed by atoms with Crippen molar-refractivity contribution in [3.05, 3.63) is 17.7 Å². The third kappa shape index (κ3) is 3.78. The first kappa shape index (κ1) is 14.6. The van der Waals surface area contributed by atoms with Crippen molar-refractivity contribution in [2.45, 2.75) is 32.4 Å². The summed E-state index contributed by atoms with van der Waals surface area (Å²) in [5, 5.41) is 31.5. The fourth-order valence-corrected chi connectivity index (χ4v) is 1.80. The largest absolute Gasteiger partial charge is 0.504 e. The lowest BCUT2D eigenvalue weighted by Crippen LogP contribution is -2.32. The Balaban J connectivity index is 2.64. The summed E-state index contributed by atoms with van der Waals surface area (Å²) in [7, 11) is 1.65. The number of benzene rings is 1. The van der Waals surface area contributed by atoms with E-state index in [-0.39, 0.29) is 17.5 Å². The van der Waals surface area contributed by atoms with Crippen LogP contribution in [0.4, 0.5) is 0 Å². The summed E-state index contributed by atoms with van der Waals surface area (Å²) in [6.07, 6.45) is 2.01. The van der Waals surface area contributed by atoms with Crippen molar-refractivity contribution < 1.29 is 20.1 Å². The minimum Gasteiger partial charge on any atom is -0.504 e. The molecule has 0 aromatic heterocycles. The van der Waals surface area contributed by atoms with Gasteiger partial charge in [-0.05, 0) is 12.5 Å². The molecule has 0 saturated carbocycles. The highest BCUT2D eigenvalue weighted by atomic mass is 16.5. The molecule has 1 atom stereocenters. The van der Waals surface area contributed by atoms with Gasteiger partial charge in [0, 0.05) is 25.3 Å². The Morgan fingerprint density at radius 2 is 1.94 bits per heavy atom. The quantitative estimate of drug-likeness (QED) is 0.558. The van der Waals surface area contributed by atoms with Crippen LogP contribution < -0.4 is 5.32 Å². The van der Waals surface area contributed by atoms with E-state index in [1.165, 1.54) is 6.07 Å². The zero-order chi connectivity index (χ0) is 13.5. The zero-order valence-corrected chi connectivity index (χ0v) is 10.8. The number of methoxy groups -OCH3 is 1. The van der Waals surface area contributed by atoms with Crippen molar-refractivity contribution in [1.29, 1.82) is 0 Å². The lowest BCUT2D eigenvalue weighted by molar-refractivity contribution is 0.161. The molecule has 0 saturated heterocycles. The normalized spacial score (nSPS) is 12.6. The molecule has 0 fully saturated rings. The molecule has 0 aliphatic rings. The minimum absolute atomic E-state index is 0.204. The fraction of sp³-hybridized carbons (Fsp3) is 0.538. The predicted molar refractivity (Wildman–Crippen MR) is 68.8 cm³/mol. The smallest absolute Gasteiger partial charge is 0.200 e. The Morgan fingerprint density at radius 3 is 2.56 bits per heavy atom.